The van der Waals surface area contributed by atoms with Crippen molar-refractivity contribution in [3.63, 3.8) is 0 Å². The highest BCUT2D eigenvalue weighted by atomic mass is 32.2. The van der Waals surface area contributed by atoms with Gasteiger partial charge in [-0.25, -0.2) is 9.97 Å². The number of amides is 1. The highest BCUT2D eigenvalue weighted by molar-refractivity contribution is 7.99. The quantitative estimate of drug-likeness (QED) is 0.310. The van der Waals surface area contributed by atoms with Crippen molar-refractivity contribution in [3.8, 4) is 0 Å². The van der Waals surface area contributed by atoms with Crippen molar-refractivity contribution in [1.82, 2.24) is 14.5 Å². The number of carbonyl (C=O) groups is 1. The summed E-state index contributed by atoms with van der Waals surface area (Å²) in [4.78, 5) is 35.8. The minimum atomic E-state index is -0.120. The van der Waals surface area contributed by atoms with Crippen LogP contribution < -0.4 is 10.9 Å². The largest absolute Gasteiger partial charge is 0.325 e. The molecule has 0 radical (unpaired) electrons. The summed E-state index contributed by atoms with van der Waals surface area (Å²) in [5, 5.41) is 4.42. The predicted molar refractivity (Wildman–Crippen MR) is 129 cm³/mol. The third-order valence-electron chi connectivity index (χ3n) is 5.04. The summed E-state index contributed by atoms with van der Waals surface area (Å²) < 4.78 is 2.32. The second-order valence-corrected chi connectivity index (χ2v) is 9.44. The number of fused-ring (bicyclic) bond motifs is 3. The molecule has 0 aliphatic rings. The van der Waals surface area contributed by atoms with E-state index >= 15 is 0 Å². The molecule has 0 bridgehead atoms. The van der Waals surface area contributed by atoms with Gasteiger partial charge in [-0.3, -0.25) is 14.2 Å². The number of hydrogen-bond acceptors (Lipinski definition) is 6. The minimum absolute atomic E-state index is 0.0567. The maximum atomic E-state index is 13.2. The molecule has 0 saturated heterocycles. The van der Waals surface area contributed by atoms with Crippen molar-refractivity contribution in [2.24, 2.45) is 0 Å². The summed E-state index contributed by atoms with van der Waals surface area (Å²) in [6, 6.07) is 9.72. The molecular weight excluding hydrogens is 428 g/mol. The summed E-state index contributed by atoms with van der Waals surface area (Å²) in [5.41, 5.74) is 3.59. The molecule has 3 aromatic heterocycles. The Kier molecular flexibility index (Phi) is 6.38. The number of nitrogens with zero attached hydrogens (tertiary/aromatic N) is 3. The van der Waals surface area contributed by atoms with E-state index in [1.807, 2.05) is 44.2 Å². The Labute approximate surface area is 188 Å². The maximum absolute atomic E-state index is 13.2. The van der Waals surface area contributed by atoms with E-state index in [2.05, 4.69) is 17.2 Å². The van der Waals surface area contributed by atoms with Gasteiger partial charge in [0.05, 0.1) is 11.3 Å². The summed E-state index contributed by atoms with van der Waals surface area (Å²) in [6.45, 7) is 6.67. The average Bonchev–Trinajstić information content (AvgIpc) is 3.13. The number of aryl methyl sites for hydroxylation is 2. The van der Waals surface area contributed by atoms with Crippen molar-refractivity contribution in [1.29, 1.82) is 0 Å². The number of nitrogens with one attached hydrogen (secondary N) is 1. The van der Waals surface area contributed by atoms with Gasteiger partial charge in [0, 0.05) is 23.8 Å². The first-order chi connectivity index (χ1) is 15.0. The number of carbonyl (C=O) groups excluding carboxylic acids is 1. The van der Waals surface area contributed by atoms with Crippen LogP contribution in [0.5, 0.6) is 0 Å². The molecule has 0 fully saturated rings. The van der Waals surface area contributed by atoms with Gasteiger partial charge in [0.2, 0.25) is 5.91 Å². The van der Waals surface area contributed by atoms with Gasteiger partial charge in [-0.1, -0.05) is 42.8 Å². The topological polar surface area (TPSA) is 76.9 Å². The fourth-order valence-corrected chi connectivity index (χ4v) is 5.28. The molecule has 0 spiro atoms. The number of anilines is 1. The zero-order chi connectivity index (χ0) is 22.0. The van der Waals surface area contributed by atoms with Gasteiger partial charge in [-0.2, -0.15) is 0 Å². The number of pyridine rings is 1. The standard InChI is InChI=1S/C23H24N4O2S2/c1-4-5-11-27-22(29)20-19(16-7-6-10-24-21(16)31-20)26-23(27)30-13-18(28)25-17-9-8-14(2)12-15(17)3/h6-10,12H,4-5,11,13H2,1-3H3,(H,25,28). The number of benzene rings is 1. The zero-order valence-electron chi connectivity index (χ0n) is 17.8. The molecule has 1 aromatic carbocycles. The van der Waals surface area contributed by atoms with Gasteiger partial charge in [0.25, 0.3) is 5.56 Å². The molecule has 31 heavy (non-hydrogen) atoms. The second-order valence-electron chi connectivity index (χ2n) is 7.50. The minimum Gasteiger partial charge on any atom is -0.325 e. The average molecular weight is 453 g/mol. The van der Waals surface area contributed by atoms with E-state index in [0.29, 0.717) is 21.9 Å². The molecule has 0 unspecified atom stereocenters. The molecule has 0 atom stereocenters. The molecule has 0 saturated carbocycles. The Morgan fingerprint density at radius 3 is 2.87 bits per heavy atom. The van der Waals surface area contributed by atoms with E-state index in [1.165, 1.54) is 23.1 Å². The summed E-state index contributed by atoms with van der Waals surface area (Å²) in [7, 11) is 0. The van der Waals surface area contributed by atoms with Crippen LogP contribution in [0.25, 0.3) is 20.4 Å². The lowest BCUT2D eigenvalue weighted by atomic mass is 10.1. The molecule has 4 aromatic rings. The number of thioether (sulfide) groups is 1. The van der Waals surface area contributed by atoms with E-state index in [4.69, 9.17) is 4.98 Å². The zero-order valence-corrected chi connectivity index (χ0v) is 19.4. The lowest BCUT2D eigenvalue weighted by molar-refractivity contribution is -0.113. The van der Waals surface area contributed by atoms with Crippen LogP contribution in [0.3, 0.4) is 0 Å². The van der Waals surface area contributed by atoms with Crippen molar-refractivity contribution in [2.45, 2.75) is 45.3 Å². The molecule has 8 heteroatoms. The highest BCUT2D eigenvalue weighted by Gasteiger charge is 2.17. The van der Waals surface area contributed by atoms with Gasteiger partial charge >= 0.3 is 0 Å². The van der Waals surface area contributed by atoms with Crippen LogP contribution in [0.2, 0.25) is 0 Å². The smallest absolute Gasteiger partial charge is 0.272 e. The van der Waals surface area contributed by atoms with Gasteiger partial charge in [0.1, 0.15) is 9.53 Å². The van der Waals surface area contributed by atoms with Crippen LogP contribution in [0.4, 0.5) is 5.69 Å². The monoisotopic (exact) mass is 452 g/mol. The second kappa shape index (κ2) is 9.20. The van der Waals surface area contributed by atoms with Gasteiger partial charge in [-0.15, -0.1) is 11.3 Å². The molecule has 1 N–H and O–H groups in total. The van der Waals surface area contributed by atoms with Crippen molar-refractivity contribution >= 4 is 55.1 Å². The highest BCUT2D eigenvalue weighted by Crippen LogP contribution is 2.30. The van der Waals surface area contributed by atoms with Crippen LogP contribution in [0.1, 0.15) is 30.9 Å². The number of unbranched alkanes of at least 4 members (excludes halogenated alkanes) is 1. The molecule has 6 nitrogen and oxygen atoms in total. The Bertz CT molecular complexity index is 1330. The van der Waals surface area contributed by atoms with Crippen LogP contribution in [0, 0.1) is 13.8 Å². The summed E-state index contributed by atoms with van der Waals surface area (Å²) in [6.07, 6.45) is 3.56. The van der Waals surface area contributed by atoms with Crippen LogP contribution in [-0.4, -0.2) is 26.2 Å². The molecule has 4 rings (SSSR count). The first kappa shape index (κ1) is 21.5. The number of aromatic nitrogens is 3. The fraction of sp³-hybridized carbons (Fsp3) is 0.304. The lowest BCUT2D eigenvalue weighted by Crippen LogP contribution is -2.23. The normalized spacial score (nSPS) is 11.3. The van der Waals surface area contributed by atoms with Crippen molar-refractivity contribution in [3.05, 3.63) is 58.0 Å². The van der Waals surface area contributed by atoms with Gasteiger partial charge in [0.15, 0.2) is 5.16 Å². The van der Waals surface area contributed by atoms with Crippen molar-refractivity contribution in [2.75, 3.05) is 11.1 Å². The Morgan fingerprint density at radius 2 is 2.10 bits per heavy atom. The summed E-state index contributed by atoms with van der Waals surface area (Å²) >= 11 is 2.68. The van der Waals surface area contributed by atoms with Gasteiger partial charge in [-0.05, 0) is 44.0 Å². The SMILES string of the molecule is CCCCn1c(SCC(=O)Nc2ccc(C)cc2C)nc2c(sc3ncccc32)c1=O. The Hall–Kier alpha value is -2.71. The van der Waals surface area contributed by atoms with E-state index in [-0.39, 0.29) is 17.2 Å². The molecule has 3 heterocycles. The number of thiophene rings is 1. The first-order valence-corrected chi connectivity index (χ1v) is 12.1. The molecular formula is C23H24N4O2S2. The number of hydrogen-bond donors (Lipinski definition) is 1. The van der Waals surface area contributed by atoms with E-state index < -0.39 is 0 Å². The summed E-state index contributed by atoms with van der Waals surface area (Å²) in [5.74, 6) is 0.0581. The molecule has 160 valence electrons. The van der Waals surface area contributed by atoms with E-state index in [9.17, 15) is 9.59 Å². The lowest BCUT2D eigenvalue weighted by Gasteiger charge is -2.12. The Morgan fingerprint density at radius 1 is 1.26 bits per heavy atom. The van der Waals surface area contributed by atoms with E-state index in [1.54, 1.807) is 10.8 Å². The van der Waals surface area contributed by atoms with Gasteiger partial charge < -0.3 is 5.32 Å². The third-order valence-corrected chi connectivity index (χ3v) is 7.11. The predicted octanol–water partition coefficient (Wildman–Crippen LogP) is 5.15. The number of rotatable bonds is 7. The van der Waals surface area contributed by atoms with E-state index in [0.717, 1.165) is 39.9 Å². The fourth-order valence-electron chi connectivity index (χ4n) is 3.43. The third kappa shape index (κ3) is 4.50. The van der Waals surface area contributed by atoms with Crippen LogP contribution in [0.15, 0.2) is 46.5 Å². The van der Waals surface area contributed by atoms with Crippen molar-refractivity contribution < 1.29 is 4.79 Å². The molecule has 1 amide bonds. The maximum Gasteiger partial charge on any atom is 0.272 e. The molecule has 0 aliphatic heterocycles. The molecule has 0 aliphatic carbocycles. The van der Waals surface area contributed by atoms with Crippen LogP contribution in [-0.2, 0) is 11.3 Å². The first-order valence-electron chi connectivity index (χ1n) is 10.3. The Balaban J connectivity index is 1.64. The van der Waals surface area contributed by atoms with Crippen LogP contribution >= 0.6 is 23.1 Å².